The van der Waals surface area contributed by atoms with Gasteiger partial charge in [-0.1, -0.05) is 17.7 Å². The minimum absolute atomic E-state index is 0.357. The molecule has 0 aliphatic rings. The normalized spacial score (nSPS) is 11.2. The molecular weight excluding hydrogens is 250 g/mol. The number of anilines is 1. The zero-order valence-electron chi connectivity index (χ0n) is 11.6. The molecule has 3 nitrogen and oxygen atoms in total. The Labute approximate surface area is 114 Å². The maximum atomic E-state index is 12.0. The van der Waals surface area contributed by atoms with Crippen molar-refractivity contribution in [3.05, 3.63) is 28.8 Å². The van der Waals surface area contributed by atoms with Gasteiger partial charge in [0.25, 0.3) is 0 Å². The number of halogens is 1. The summed E-state index contributed by atoms with van der Waals surface area (Å²) in [7, 11) is 0. The van der Waals surface area contributed by atoms with Gasteiger partial charge < -0.3 is 4.74 Å². The number of hydrogen-bond donors (Lipinski definition) is 0. The topological polar surface area (TPSA) is 29.5 Å². The summed E-state index contributed by atoms with van der Waals surface area (Å²) in [5.74, 6) is 0. The standard InChI is InChI=1S/C14H20ClNO2/c1-6-16(13(17)18-14(3,4)5)11-8-7-10(2)12(15)9-11/h7-9H,6H2,1-5H3. The summed E-state index contributed by atoms with van der Waals surface area (Å²) >= 11 is 6.07. The second-order valence-corrected chi connectivity index (χ2v) is 5.57. The van der Waals surface area contributed by atoms with Crippen LogP contribution in [0.1, 0.15) is 33.3 Å². The summed E-state index contributed by atoms with van der Waals surface area (Å²) in [6.07, 6.45) is -0.357. The Bertz CT molecular complexity index is 438. The first-order valence-corrected chi connectivity index (χ1v) is 6.39. The van der Waals surface area contributed by atoms with Gasteiger partial charge in [-0.3, -0.25) is 4.90 Å². The lowest BCUT2D eigenvalue weighted by Crippen LogP contribution is -2.36. The molecule has 0 fully saturated rings. The number of amides is 1. The summed E-state index contributed by atoms with van der Waals surface area (Å²) < 4.78 is 5.36. The highest BCUT2D eigenvalue weighted by molar-refractivity contribution is 6.31. The van der Waals surface area contributed by atoms with Crippen LogP contribution in [0.5, 0.6) is 0 Å². The zero-order valence-corrected chi connectivity index (χ0v) is 12.3. The quantitative estimate of drug-likeness (QED) is 0.796. The number of benzene rings is 1. The molecule has 0 aromatic heterocycles. The fourth-order valence-electron chi connectivity index (χ4n) is 1.48. The van der Waals surface area contributed by atoms with Crippen molar-refractivity contribution >= 4 is 23.4 Å². The van der Waals surface area contributed by atoms with Crippen LogP contribution in [0.25, 0.3) is 0 Å². The number of carbonyl (C=O) groups is 1. The molecule has 0 heterocycles. The Morgan fingerprint density at radius 2 is 2.00 bits per heavy atom. The molecule has 0 spiro atoms. The molecule has 18 heavy (non-hydrogen) atoms. The maximum Gasteiger partial charge on any atom is 0.414 e. The van der Waals surface area contributed by atoms with Gasteiger partial charge in [-0.15, -0.1) is 0 Å². The molecule has 0 bridgehead atoms. The number of aryl methyl sites for hydroxylation is 1. The van der Waals surface area contributed by atoms with Crippen molar-refractivity contribution in [3.8, 4) is 0 Å². The maximum absolute atomic E-state index is 12.0. The van der Waals surface area contributed by atoms with Gasteiger partial charge in [-0.25, -0.2) is 4.79 Å². The van der Waals surface area contributed by atoms with Crippen LogP contribution in [0.15, 0.2) is 18.2 Å². The minimum Gasteiger partial charge on any atom is -0.443 e. The molecule has 1 aromatic rings. The van der Waals surface area contributed by atoms with Crippen LogP contribution < -0.4 is 4.90 Å². The molecule has 0 unspecified atom stereocenters. The van der Waals surface area contributed by atoms with Crippen molar-refractivity contribution in [3.63, 3.8) is 0 Å². The largest absolute Gasteiger partial charge is 0.443 e. The van der Waals surface area contributed by atoms with Gasteiger partial charge in [0, 0.05) is 17.3 Å². The zero-order chi connectivity index (χ0) is 13.9. The van der Waals surface area contributed by atoms with E-state index in [-0.39, 0.29) is 6.09 Å². The Balaban J connectivity index is 2.95. The van der Waals surface area contributed by atoms with E-state index >= 15 is 0 Å². The Hall–Kier alpha value is -1.22. The highest BCUT2D eigenvalue weighted by Crippen LogP contribution is 2.24. The number of carbonyl (C=O) groups excluding carboxylic acids is 1. The lowest BCUT2D eigenvalue weighted by atomic mass is 10.2. The average Bonchev–Trinajstić information content (AvgIpc) is 2.21. The van der Waals surface area contributed by atoms with E-state index in [9.17, 15) is 4.79 Å². The summed E-state index contributed by atoms with van der Waals surface area (Å²) in [5, 5.41) is 0.648. The third-order valence-electron chi connectivity index (χ3n) is 2.40. The summed E-state index contributed by atoms with van der Waals surface area (Å²) in [6, 6.07) is 5.55. The van der Waals surface area contributed by atoms with E-state index in [1.54, 1.807) is 11.0 Å². The second kappa shape index (κ2) is 5.61. The molecule has 0 saturated heterocycles. The molecular formula is C14H20ClNO2. The van der Waals surface area contributed by atoms with Gasteiger partial charge in [-0.05, 0) is 52.3 Å². The highest BCUT2D eigenvalue weighted by atomic mass is 35.5. The van der Waals surface area contributed by atoms with Crippen LogP contribution in [0, 0.1) is 6.92 Å². The van der Waals surface area contributed by atoms with Crippen molar-refractivity contribution in [2.75, 3.05) is 11.4 Å². The van der Waals surface area contributed by atoms with E-state index in [0.29, 0.717) is 11.6 Å². The molecule has 1 amide bonds. The molecule has 100 valence electrons. The fraction of sp³-hybridized carbons (Fsp3) is 0.500. The Morgan fingerprint density at radius 3 is 2.44 bits per heavy atom. The summed E-state index contributed by atoms with van der Waals surface area (Å²) in [4.78, 5) is 13.6. The van der Waals surface area contributed by atoms with Gasteiger partial charge in [0.05, 0.1) is 0 Å². The number of rotatable bonds is 2. The number of hydrogen-bond acceptors (Lipinski definition) is 2. The molecule has 0 atom stereocenters. The molecule has 0 aliphatic heterocycles. The van der Waals surface area contributed by atoms with Crippen LogP contribution in [0.3, 0.4) is 0 Å². The van der Waals surface area contributed by atoms with Crippen LogP contribution >= 0.6 is 11.6 Å². The van der Waals surface area contributed by atoms with Gasteiger partial charge in [0.15, 0.2) is 0 Å². The van der Waals surface area contributed by atoms with Crippen LogP contribution in [-0.4, -0.2) is 18.2 Å². The Morgan fingerprint density at radius 1 is 1.39 bits per heavy atom. The molecule has 1 rings (SSSR count). The first-order valence-electron chi connectivity index (χ1n) is 6.01. The van der Waals surface area contributed by atoms with Crippen molar-refractivity contribution in [1.29, 1.82) is 0 Å². The van der Waals surface area contributed by atoms with Crippen molar-refractivity contribution in [1.82, 2.24) is 0 Å². The number of nitrogens with zero attached hydrogens (tertiary/aromatic N) is 1. The van der Waals surface area contributed by atoms with E-state index in [1.807, 2.05) is 46.8 Å². The van der Waals surface area contributed by atoms with E-state index < -0.39 is 5.60 Å². The SMILES string of the molecule is CCN(C(=O)OC(C)(C)C)c1ccc(C)c(Cl)c1. The molecule has 0 saturated carbocycles. The Kier molecular flexibility index (Phi) is 4.63. The van der Waals surface area contributed by atoms with Gasteiger partial charge >= 0.3 is 6.09 Å². The molecule has 0 aliphatic carbocycles. The average molecular weight is 270 g/mol. The summed E-state index contributed by atoms with van der Waals surface area (Å²) in [5.41, 5.74) is 1.24. The molecule has 1 aromatic carbocycles. The fourth-order valence-corrected chi connectivity index (χ4v) is 1.66. The predicted octanol–water partition coefficient (Wildman–Crippen LogP) is 4.41. The van der Waals surface area contributed by atoms with E-state index in [2.05, 4.69) is 0 Å². The third kappa shape index (κ3) is 3.91. The van der Waals surface area contributed by atoms with Crippen LogP contribution in [0.4, 0.5) is 10.5 Å². The van der Waals surface area contributed by atoms with Crippen LogP contribution in [-0.2, 0) is 4.74 Å². The molecule has 4 heteroatoms. The lowest BCUT2D eigenvalue weighted by Gasteiger charge is -2.26. The number of ether oxygens (including phenoxy) is 1. The predicted molar refractivity (Wildman–Crippen MR) is 75.4 cm³/mol. The van der Waals surface area contributed by atoms with E-state index in [1.165, 1.54) is 0 Å². The first kappa shape index (κ1) is 14.8. The third-order valence-corrected chi connectivity index (χ3v) is 2.80. The molecule has 0 N–H and O–H groups in total. The molecule has 0 radical (unpaired) electrons. The van der Waals surface area contributed by atoms with Gasteiger partial charge in [0.1, 0.15) is 5.60 Å². The van der Waals surface area contributed by atoms with E-state index in [0.717, 1.165) is 11.3 Å². The van der Waals surface area contributed by atoms with Crippen molar-refractivity contribution in [2.45, 2.75) is 40.2 Å². The van der Waals surface area contributed by atoms with Crippen molar-refractivity contribution < 1.29 is 9.53 Å². The van der Waals surface area contributed by atoms with Crippen LogP contribution in [0.2, 0.25) is 5.02 Å². The summed E-state index contributed by atoms with van der Waals surface area (Å²) in [6.45, 7) is 9.91. The smallest absolute Gasteiger partial charge is 0.414 e. The van der Waals surface area contributed by atoms with Crippen molar-refractivity contribution in [2.24, 2.45) is 0 Å². The van der Waals surface area contributed by atoms with E-state index in [4.69, 9.17) is 16.3 Å². The second-order valence-electron chi connectivity index (χ2n) is 5.16. The minimum atomic E-state index is -0.501. The first-order chi connectivity index (χ1) is 8.24. The van der Waals surface area contributed by atoms with Gasteiger partial charge in [0.2, 0.25) is 0 Å². The van der Waals surface area contributed by atoms with Gasteiger partial charge in [-0.2, -0.15) is 0 Å². The lowest BCUT2D eigenvalue weighted by molar-refractivity contribution is 0.0582. The highest BCUT2D eigenvalue weighted by Gasteiger charge is 2.22. The monoisotopic (exact) mass is 269 g/mol.